The molecular formula is C17H24O6. The summed E-state index contributed by atoms with van der Waals surface area (Å²) in [5, 5.41) is 8.38. The van der Waals surface area contributed by atoms with Crippen LogP contribution in [-0.4, -0.2) is 49.6 Å². The van der Waals surface area contributed by atoms with Crippen molar-refractivity contribution in [2.75, 3.05) is 26.4 Å². The Bertz CT molecular complexity index is 460. The molecule has 0 aliphatic carbocycles. The maximum atomic E-state index is 11.0. The smallest absolute Gasteiger partial charge is 0.333 e. The lowest BCUT2D eigenvalue weighted by Gasteiger charge is -2.02. The largest absolute Gasteiger partial charge is 0.460 e. The molecule has 0 aromatic heterocycles. The molecule has 0 amide bonds. The summed E-state index contributed by atoms with van der Waals surface area (Å²) in [6.07, 6.45) is 5.69. The van der Waals surface area contributed by atoms with E-state index in [1.54, 1.807) is 25.2 Å². The lowest BCUT2D eigenvalue weighted by atomic mass is 10.2. The number of hydrogen-bond acceptors (Lipinski definition) is 6. The van der Waals surface area contributed by atoms with Crippen LogP contribution in [0.3, 0.4) is 0 Å². The number of carbonyl (C=O) groups excluding carboxylic acids is 2. The normalized spacial score (nSPS) is 15.1. The Labute approximate surface area is 136 Å². The highest BCUT2D eigenvalue weighted by Crippen LogP contribution is 2.09. The van der Waals surface area contributed by atoms with Crippen molar-refractivity contribution in [3.05, 3.63) is 49.1 Å². The monoisotopic (exact) mass is 324 g/mol. The molecule has 1 saturated heterocycles. The quantitative estimate of drug-likeness (QED) is 0.301. The van der Waals surface area contributed by atoms with E-state index in [1.807, 2.05) is 0 Å². The zero-order chi connectivity index (χ0) is 17.7. The molecule has 6 nitrogen and oxygen atoms in total. The summed E-state index contributed by atoms with van der Waals surface area (Å²) in [6.45, 7) is 13.0. The van der Waals surface area contributed by atoms with E-state index in [-0.39, 0.29) is 25.3 Å². The molecule has 0 bridgehead atoms. The fourth-order valence-electron chi connectivity index (χ4n) is 1.09. The molecule has 1 heterocycles. The molecule has 6 heteroatoms. The molecule has 1 aliphatic rings. The van der Waals surface area contributed by atoms with Crippen LogP contribution in [0.5, 0.6) is 0 Å². The molecule has 0 spiro atoms. The lowest BCUT2D eigenvalue weighted by molar-refractivity contribution is -0.140. The number of aliphatic hydroxyl groups excluding tert-OH is 1. The van der Waals surface area contributed by atoms with E-state index < -0.39 is 5.97 Å². The zero-order valence-corrected chi connectivity index (χ0v) is 13.5. The predicted octanol–water partition coefficient (Wildman–Crippen LogP) is 1.71. The lowest BCUT2D eigenvalue weighted by Crippen LogP contribution is -2.09. The fourth-order valence-corrected chi connectivity index (χ4v) is 1.09. The SMILES string of the molecule is C=C(C)C(=O)OCC1CO1.C=CC=CCC(=C)C(=O)OCCO. The molecule has 1 unspecified atom stereocenters. The van der Waals surface area contributed by atoms with Gasteiger partial charge in [0.25, 0.3) is 0 Å². The molecule has 128 valence electrons. The number of aliphatic hydroxyl groups is 1. The van der Waals surface area contributed by atoms with Crippen LogP contribution in [0.25, 0.3) is 0 Å². The maximum absolute atomic E-state index is 11.0. The second kappa shape index (κ2) is 12.4. The highest BCUT2D eigenvalue weighted by atomic mass is 16.6. The molecule has 1 N–H and O–H groups in total. The molecule has 23 heavy (non-hydrogen) atoms. The number of allylic oxidation sites excluding steroid dienone is 3. The fraction of sp³-hybridized carbons (Fsp3) is 0.412. The number of hydrogen-bond donors (Lipinski definition) is 1. The molecule has 1 atom stereocenters. The Morgan fingerprint density at radius 3 is 2.43 bits per heavy atom. The van der Waals surface area contributed by atoms with E-state index in [0.717, 1.165) is 0 Å². The molecule has 0 aromatic rings. The van der Waals surface area contributed by atoms with Crippen molar-refractivity contribution in [2.45, 2.75) is 19.4 Å². The first-order valence-electron chi connectivity index (χ1n) is 7.09. The maximum Gasteiger partial charge on any atom is 0.333 e. The van der Waals surface area contributed by atoms with Crippen LogP contribution in [0.15, 0.2) is 49.1 Å². The number of epoxide rings is 1. The molecule has 0 radical (unpaired) electrons. The van der Waals surface area contributed by atoms with Gasteiger partial charge in [-0.1, -0.05) is 38.0 Å². The summed E-state index contributed by atoms with van der Waals surface area (Å²) in [6, 6.07) is 0. The first-order valence-corrected chi connectivity index (χ1v) is 7.09. The van der Waals surface area contributed by atoms with Gasteiger partial charge in [0.2, 0.25) is 0 Å². The summed E-state index contributed by atoms with van der Waals surface area (Å²) in [4.78, 5) is 21.7. The first kappa shape index (κ1) is 20.8. The van der Waals surface area contributed by atoms with Crippen molar-refractivity contribution in [1.29, 1.82) is 0 Å². The summed E-state index contributed by atoms with van der Waals surface area (Å²) < 4.78 is 14.2. The third-order valence-corrected chi connectivity index (χ3v) is 2.40. The average Bonchev–Trinajstić information content (AvgIpc) is 3.35. The van der Waals surface area contributed by atoms with Crippen molar-refractivity contribution in [3.63, 3.8) is 0 Å². The van der Waals surface area contributed by atoms with Gasteiger partial charge in [-0.2, -0.15) is 0 Å². The number of carbonyl (C=O) groups is 2. The van der Waals surface area contributed by atoms with Gasteiger partial charge in [0.05, 0.1) is 13.2 Å². The summed E-state index contributed by atoms with van der Waals surface area (Å²) in [5.41, 5.74) is 0.798. The molecule has 1 rings (SSSR count). The number of esters is 2. The van der Waals surface area contributed by atoms with E-state index in [4.69, 9.17) is 14.6 Å². The van der Waals surface area contributed by atoms with Gasteiger partial charge in [-0.3, -0.25) is 0 Å². The zero-order valence-electron chi connectivity index (χ0n) is 13.5. The minimum Gasteiger partial charge on any atom is -0.460 e. The molecule has 1 aliphatic heterocycles. The highest BCUT2D eigenvalue weighted by molar-refractivity contribution is 5.88. The van der Waals surface area contributed by atoms with Gasteiger partial charge in [-0.25, -0.2) is 9.59 Å². The van der Waals surface area contributed by atoms with Crippen molar-refractivity contribution < 1.29 is 28.9 Å². The summed E-state index contributed by atoms with van der Waals surface area (Å²) in [5.74, 6) is -0.807. The summed E-state index contributed by atoms with van der Waals surface area (Å²) in [7, 11) is 0. The van der Waals surface area contributed by atoms with Crippen molar-refractivity contribution in [1.82, 2.24) is 0 Å². The topological polar surface area (TPSA) is 85.4 Å². The standard InChI is InChI=1S/C10H14O3.C7H10O3/c1-3-4-5-6-9(2)10(12)13-8-7-11;1-5(2)7(8)10-4-6-3-9-6/h3-5,11H,1-2,6-8H2;6H,1,3-4H2,2H3. The van der Waals surface area contributed by atoms with Crippen LogP contribution in [0, 0.1) is 0 Å². The third-order valence-electron chi connectivity index (χ3n) is 2.40. The molecule has 0 aromatic carbocycles. The van der Waals surface area contributed by atoms with Crippen LogP contribution in [0.4, 0.5) is 0 Å². The van der Waals surface area contributed by atoms with Gasteiger partial charge >= 0.3 is 11.9 Å². The highest BCUT2D eigenvalue weighted by Gasteiger charge is 2.24. The Balaban J connectivity index is 0.000000433. The number of rotatable bonds is 9. The minimum absolute atomic E-state index is 0.0169. The second-order valence-electron chi connectivity index (χ2n) is 4.67. The predicted molar refractivity (Wildman–Crippen MR) is 86.7 cm³/mol. The van der Waals surface area contributed by atoms with Gasteiger partial charge in [0.15, 0.2) is 0 Å². The Hall–Kier alpha value is -2.18. The van der Waals surface area contributed by atoms with E-state index in [9.17, 15) is 9.59 Å². The second-order valence-corrected chi connectivity index (χ2v) is 4.67. The van der Waals surface area contributed by atoms with Crippen LogP contribution in [0.1, 0.15) is 13.3 Å². The molecule has 0 saturated carbocycles. The van der Waals surface area contributed by atoms with Crippen molar-refractivity contribution in [2.24, 2.45) is 0 Å². The molecular weight excluding hydrogens is 300 g/mol. The third kappa shape index (κ3) is 12.1. The van der Waals surface area contributed by atoms with Gasteiger partial charge in [0, 0.05) is 11.1 Å². The Kier molecular flexibility index (Phi) is 11.2. The van der Waals surface area contributed by atoms with Gasteiger partial charge in [-0.05, 0) is 13.3 Å². The molecule has 1 fully saturated rings. The van der Waals surface area contributed by atoms with Crippen LogP contribution in [-0.2, 0) is 23.8 Å². The van der Waals surface area contributed by atoms with Gasteiger partial charge in [0.1, 0.15) is 19.3 Å². The first-order chi connectivity index (χ1) is 10.9. The van der Waals surface area contributed by atoms with Crippen molar-refractivity contribution in [3.8, 4) is 0 Å². The van der Waals surface area contributed by atoms with E-state index in [2.05, 4.69) is 24.5 Å². The minimum atomic E-state index is -0.470. The van der Waals surface area contributed by atoms with Crippen LogP contribution in [0.2, 0.25) is 0 Å². The number of ether oxygens (including phenoxy) is 3. The van der Waals surface area contributed by atoms with Crippen molar-refractivity contribution >= 4 is 11.9 Å². The van der Waals surface area contributed by atoms with E-state index in [1.165, 1.54) is 0 Å². The summed E-state index contributed by atoms with van der Waals surface area (Å²) >= 11 is 0. The Morgan fingerprint density at radius 2 is 1.96 bits per heavy atom. The Morgan fingerprint density at radius 1 is 1.30 bits per heavy atom. The van der Waals surface area contributed by atoms with Gasteiger partial charge in [-0.15, -0.1) is 0 Å². The van der Waals surface area contributed by atoms with E-state index in [0.29, 0.717) is 30.8 Å². The van der Waals surface area contributed by atoms with Crippen LogP contribution < -0.4 is 0 Å². The van der Waals surface area contributed by atoms with Crippen LogP contribution >= 0.6 is 0 Å². The average molecular weight is 324 g/mol. The van der Waals surface area contributed by atoms with Gasteiger partial charge < -0.3 is 19.3 Å². The van der Waals surface area contributed by atoms with E-state index >= 15 is 0 Å².